The Morgan fingerprint density at radius 2 is 0.288 bits per heavy atom. The Balaban J connectivity index is 9.73. The molecule has 0 saturated heterocycles. The smallest absolute Gasteiger partial charge is 0.250 e. The lowest BCUT2D eigenvalue weighted by molar-refractivity contribution is 0.883. The highest BCUT2D eigenvalue weighted by molar-refractivity contribution is 8.35. The third-order valence-corrected chi connectivity index (χ3v) is 15.0. The highest BCUT2D eigenvalue weighted by Gasteiger charge is 2.61. The zero-order valence-electron chi connectivity index (χ0n) is 40.8. The van der Waals surface area contributed by atoms with Crippen LogP contribution in [0, 0.1) is 0 Å². The molecule has 0 atom stereocenters. The van der Waals surface area contributed by atoms with Gasteiger partial charge in [0.05, 0.1) is 200 Å². The van der Waals surface area contributed by atoms with Crippen molar-refractivity contribution in [3.05, 3.63) is 0 Å². The normalized spacial score (nSPS) is 9.71. The van der Waals surface area contributed by atoms with E-state index in [2.05, 4.69) is 193 Å². The fraction of sp³-hybridized carbons (Fsp3) is 0. The molecule has 0 nitrogen and oxygen atoms in total. The minimum absolute atomic E-state index is 0.00444. The van der Waals surface area contributed by atoms with E-state index in [1.54, 1.807) is 0 Å². The second kappa shape index (κ2) is 25.1. The molecular formula is H52B51F. The van der Waals surface area contributed by atoms with Crippen molar-refractivity contribution in [2.75, 3.05) is 0 Å². The summed E-state index contributed by atoms with van der Waals surface area (Å²) in [5.41, 5.74) is 0. The maximum absolute atomic E-state index is 16.6. The van der Waals surface area contributed by atoms with Crippen LogP contribution in [0.25, 0.3) is 0 Å². The third-order valence-electron chi connectivity index (χ3n) is 15.0. The molecule has 0 N–H and O–H groups in total. The van der Waals surface area contributed by atoms with Crippen molar-refractivity contribution in [3.8, 4) is 0 Å². The molecule has 0 aromatic heterocycles. The van der Waals surface area contributed by atoms with Gasteiger partial charge in [-0.2, -0.15) is 0 Å². The summed E-state index contributed by atoms with van der Waals surface area (Å²) in [5.74, 6) is 0. The van der Waals surface area contributed by atoms with Crippen LogP contribution in [-0.2, 0) is 0 Å². The number of rotatable bonds is 24. The fourth-order valence-electron chi connectivity index (χ4n) is 14.3. The van der Waals surface area contributed by atoms with Crippen LogP contribution in [0.1, 0.15) is 0 Å². The Labute approximate surface area is 362 Å². The molecule has 0 amide bonds. The summed E-state index contributed by atoms with van der Waals surface area (Å²) in [4.78, 5) is 0. The average molecular weight is 623 g/mol. The predicted octanol–water partition coefficient (Wildman–Crippen LogP) is -32.9. The van der Waals surface area contributed by atoms with Gasteiger partial charge >= 0.3 is 0 Å². The molecule has 52 heteroatoms. The minimum Gasteiger partial charge on any atom is -0.360 e. The summed E-state index contributed by atoms with van der Waals surface area (Å²) >= 11 is 0. The highest BCUT2D eigenvalue weighted by Crippen LogP contribution is 2.22. The Morgan fingerprint density at radius 3 is 0.423 bits per heavy atom. The van der Waals surface area contributed by atoms with Gasteiger partial charge in [-0.25, -0.2) is 0 Å². The van der Waals surface area contributed by atoms with Gasteiger partial charge in [-0.3, -0.25) is 0 Å². The first kappa shape index (κ1) is 55.2. The van der Waals surface area contributed by atoms with Gasteiger partial charge in [-0.1, -0.05) is 0 Å². The molecule has 0 aliphatic rings. The molecule has 0 aliphatic heterocycles. The van der Waals surface area contributed by atoms with E-state index in [9.17, 15) is 0 Å². The molecule has 0 fully saturated rings. The first-order chi connectivity index (χ1) is 23.6. The highest BCUT2D eigenvalue weighted by atomic mass is 19.1. The van der Waals surface area contributed by atoms with Crippen LogP contribution >= 0.6 is 0 Å². The van der Waals surface area contributed by atoms with Gasteiger partial charge in [0, 0.05) is 147 Å². The SMILES string of the molecule is BB(B)B(B(B)B)B(B(B)B(B)F)B(B(B(B)B)B(B)B)B(B(B(B(B)B)B(B)B)B(B(B)B)B(B)B)B(B(B(B)B)B(B)B)B(B(B)B)B(B)B. The zero-order valence-corrected chi connectivity index (χ0v) is 40.8. The largest absolute Gasteiger partial charge is 0.360 e. The second-order valence-electron chi connectivity index (χ2n) is 22.8. The number of hydrogen-bond donors (Lipinski definition) is 0. The van der Waals surface area contributed by atoms with Gasteiger partial charge in [0.25, 0.3) is 0 Å². The van der Waals surface area contributed by atoms with E-state index < -0.39 is 6.77 Å². The Bertz CT molecular complexity index is 783. The zero-order chi connectivity index (χ0) is 41.4. The molecule has 0 saturated carbocycles. The van der Waals surface area contributed by atoms with Crippen molar-refractivity contribution < 1.29 is 4.32 Å². The summed E-state index contributed by atoms with van der Waals surface area (Å²) in [7, 11) is 65.1. The quantitative estimate of drug-likeness (QED) is 0.0940. The fourth-order valence-corrected chi connectivity index (χ4v) is 14.3. The van der Waals surface area contributed by atoms with Gasteiger partial charge in [0.1, 0.15) is 7.74 Å². The van der Waals surface area contributed by atoms with Crippen LogP contribution in [-0.4, -0.2) is 361 Å². The molecule has 0 aromatic carbocycles. The molecular weight excluding hydrogens is 570 g/mol. The minimum atomic E-state index is -0.834. The molecule has 0 unspecified atom stereocenters. The summed E-state index contributed by atoms with van der Waals surface area (Å²) in [6.07, 6.45) is 12.4. The molecule has 0 aromatic rings. The lowest BCUT2D eigenvalue weighted by Gasteiger charge is -2.56. The van der Waals surface area contributed by atoms with E-state index in [1.165, 1.54) is 0 Å². The number of hydrogen-bond acceptors (Lipinski definition) is 0. The monoisotopic (exact) mass is 633 g/mol. The van der Waals surface area contributed by atoms with Crippen LogP contribution in [0.3, 0.4) is 0 Å². The van der Waals surface area contributed by atoms with E-state index in [-0.39, 0.29) is 6.39 Å². The van der Waals surface area contributed by atoms with Crippen LogP contribution in [0.15, 0.2) is 0 Å². The van der Waals surface area contributed by atoms with Crippen LogP contribution in [0.5, 0.6) is 0 Å². The molecule has 0 aliphatic carbocycles. The predicted molar refractivity (Wildman–Crippen MR) is 367 cm³/mol. The van der Waals surface area contributed by atoms with Gasteiger partial charge in [0.15, 0.2) is 0 Å². The first-order valence-electron chi connectivity index (χ1n) is 23.2. The van der Waals surface area contributed by atoms with Crippen molar-refractivity contribution in [2.45, 2.75) is 0 Å². The van der Waals surface area contributed by atoms with E-state index in [0.717, 1.165) is 0 Å². The van der Waals surface area contributed by atoms with Crippen molar-refractivity contribution in [1.29, 1.82) is 0 Å². The maximum Gasteiger partial charge on any atom is 0.250 e. The molecule has 0 spiro atoms. The molecule has 0 rings (SSSR count). The van der Waals surface area contributed by atoms with Crippen molar-refractivity contribution >= 4 is 361 Å². The molecule has 52 heavy (non-hydrogen) atoms. The third kappa shape index (κ3) is 14.8. The lowest BCUT2D eigenvalue weighted by Crippen LogP contribution is -2.95. The molecule has 212 valence electrons. The first-order valence-corrected chi connectivity index (χ1v) is 23.2. The molecule has 0 heterocycles. The Hall–Kier alpha value is 3.24. The van der Waals surface area contributed by atoms with Gasteiger partial charge in [-0.05, 0) is 0 Å². The van der Waals surface area contributed by atoms with E-state index >= 15 is 4.32 Å². The lowest BCUT2D eigenvalue weighted by atomic mass is 8.24. The average Bonchev–Trinajstić information content (AvgIpc) is 2.92. The van der Waals surface area contributed by atoms with Crippen molar-refractivity contribution in [2.24, 2.45) is 0 Å². The van der Waals surface area contributed by atoms with Gasteiger partial charge in [0.2, 0.25) is 6.77 Å². The van der Waals surface area contributed by atoms with Crippen molar-refractivity contribution in [1.82, 2.24) is 0 Å². The summed E-state index contributed by atoms with van der Waals surface area (Å²) < 4.78 is 16.6. The van der Waals surface area contributed by atoms with Crippen LogP contribution in [0.2, 0.25) is 0 Å². The Morgan fingerprint density at radius 1 is 0.173 bits per heavy atom. The summed E-state index contributed by atoms with van der Waals surface area (Å²) in [5, 5.41) is 0. The second-order valence-corrected chi connectivity index (χ2v) is 22.8. The maximum atomic E-state index is 16.6. The standard InChI is InChI=1S/B51FH52/c1-27(2)41(28(3)4)47(39(25)40(26)52)50(46(37(21)22)38(23)24)51(48(42(29(5)6)30(7)8)43(31(9)10)32(11)12)49(44(33(13)14)34(15)16)45(35(17)18)36(19)20/h1-26H2. The van der Waals surface area contributed by atoms with Crippen LogP contribution < -0.4 is 0 Å². The van der Waals surface area contributed by atoms with Crippen molar-refractivity contribution in [3.63, 3.8) is 0 Å². The van der Waals surface area contributed by atoms with Gasteiger partial charge < -0.3 is 4.32 Å². The van der Waals surface area contributed by atoms with E-state index in [1.807, 2.05) is 7.74 Å². The number of halogens is 1. The molecule has 0 bridgehead atoms. The van der Waals surface area contributed by atoms with Crippen LogP contribution in [0.4, 0.5) is 4.32 Å². The van der Waals surface area contributed by atoms with E-state index in [4.69, 9.17) is 0 Å². The molecule has 0 radical (unpaired) electrons. The summed E-state index contributed by atoms with van der Waals surface area (Å²) in [6.45, 7) is -0.834. The summed E-state index contributed by atoms with van der Waals surface area (Å²) in [6, 6.07) is 0. The topological polar surface area (TPSA) is 0 Å². The van der Waals surface area contributed by atoms with E-state index in [0.29, 0.717) is 147 Å². The Kier molecular flexibility index (Phi) is 26.7. The van der Waals surface area contributed by atoms with Gasteiger partial charge in [-0.15, -0.1) is 0 Å².